The average Bonchev–Trinajstić information content (AvgIpc) is 2.94. The number of aromatic amines is 2. The minimum absolute atomic E-state index is 0.00142. The number of carbonyl (C=O) groups excluding carboxylic acids is 2. The minimum atomic E-state index is -0.472. The lowest BCUT2D eigenvalue weighted by molar-refractivity contribution is -0.133. The molecule has 1 unspecified atom stereocenters. The van der Waals surface area contributed by atoms with Crippen molar-refractivity contribution in [1.29, 1.82) is 0 Å². The minimum Gasteiger partial charge on any atom is -0.342 e. The number of hydrogen-bond acceptors (Lipinski definition) is 4. The van der Waals surface area contributed by atoms with Crippen molar-refractivity contribution >= 4 is 28.5 Å². The van der Waals surface area contributed by atoms with Gasteiger partial charge in [0.05, 0.1) is 23.6 Å². The van der Waals surface area contributed by atoms with Crippen LogP contribution in [0.4, 0.5) is 5.69 Å². The molecule has 136 valence electrons. The van der Waals surface area contributed by atoms with Crippen LogP contribution in [0.25, 0.3) is 11.0 Å². The van der Waals surface area contributed by atoms with E-state index in [4.69, 9.17) is 0 Å². The molecular formula is C17H25N5O3. The lowest BCUT2D eigenvalue weighted by Gasteiger charge is -2.26. The normalized spacial score (nSPS) is 12.4. The average molecular weight is 347 g/mol. The second kappa shape index (κ2) is 7.98. The van der Waals surface area contributed by atoms with Gasteiger partial charge in [0, 0.05) is 18.8 Å². The van der Waals surface area contributed by atoms with Crippen LogP contribution in [0.5, 0.6) is 0 Å². The largest absolute Gasteiger partial charge is 0.342 e. The molecule has 1 aromatic heterocycles. The highest BCUT2D eigenvalue weighted by atomic mass is 16.2. The van der Waals surface area contributed by atoms with Crippen molar-refractivity contribution in [3.8, 4) is 0 Å². The summed E-state index contributed by atoms with van der Waals surface area (Å²) in [6.07, 6.45) is 0. The van der Waals surface area contributed by atoms with Crippen molar-refractivity contribution < 1.29 is 9.59 Å². The lowest BCUT2D eigenvalue weighted by Crippen LogP contribution is -2.46. The fourth-order valence-electron chi connectivity index (χ4n) is 2.58. The van der Waals surface area contributed by atoms with Gasteiger partial charge >= 0.3 is 5.69 Å². The molecule has 3 N–H and O–H groups in total. The molecule has 0 saturated heterocycles. The molecule has 2 amide bonds. The van der Waals surface area contributed by atoms with Gasteiger partial charge in [0.1, 0.15) is 0 Å². The first kappa shape index (κ1) is 18.7. The van der Waals surface area contributed by atoms with Crippen LogP contribution in [-0.2, 0) is 9.59 Å². The highest BCUT2D eigenvalue weighted by Gasteiger charge is 2.22. The van der Waals surface area contributed by atoms with E-state index in [9.17, 15) is 14.4 Å². The maximum absolute atomic E-state index is 12.4. The molecule has 0 aliphatic heterocycles. The fraction of sp³-hybridized carbons (Fsp3) is 0.471. The summed E-state index contributed by atoms with van der Waals surface area (Å²) >= 11 is 0. The molecule has 1 atom stereocenters. The molecule has 1 aromatic carbocycles. The number of nitrogens with one attached hydrogen (secondary N) is 3. The summed E-state index contributed by atoms with van der Waals surface area (Å²) in [6.45, 7) is 7.09. The summed E-state index contributed by atoms with van der Waals surface area (Å²) in [5.41, 5.74) is 1.60. The van der Waals surface area contributed by atoms with Crippen molar-refractivity contribution in [2.45, 2.75) is 26.8 Å². The van der Waals surface area contributed by atoms with E-state index in [1.807, 2.05) is 13.8 Å². The van der Waals surface area contributed by atoms with Gasteiger partial charge in [-0.25, -0.2) is 4.79 Å². The monoisotopic (exact) mass is 347 g/mol. The molecule has 0 fully saturated rings. The Labute approximate surface area is 146 Å². The van der Waals surface area contributed by atoms with Gasteiger partial charge in [-0.2, -0.15) is 0 Å². The SMILES string of the molecule is CCN(CC)C(=O)CN(C)C(C)C(=O)Nc1ccc2[nH]c(=O)[nH]c2c1. The van der Waals surface area contributed by atoms with E-state index >= 15 is 0 Å². The van der Waals surface area contributed by atoms with Gasteiger partial charge in [-0.05, 0) is 46.0 Å². The van der Waals surface area contributed by atoms with Crippen LogP contribution in [0.3, 0.4) is 0 Å². The van der Waals surface area contributed by atoms with Gasteiger partial charge in [0.25, 0.3) is 0 Å². The fourth-order valence-corrected chi connectivity index (χ4v) is 2.58. The molecule has 2 rings (SSSR count). The van der Waals surface area contributed by atoms with Crippen molar-refractivity contribution in [2.75, 3.05) is 32.0 Å². The summed E-state index contributed by atoms with van der Waals surface area (Å²) < 4.78 is 0. The van der Waals surface area contributed by atoms with E-state index in [0.29, 0.717) is 29.8 Å². The Kier molecular flexibility index (Phi) is 5.97. The summed E-state index contributed by atoms with van der Waals surface area (Å²) in [5, 5.41) is 2.81. The standard InChI is InChI=1S/C17H25N5O3/c1-5-22(6-2)15(23)10-21(4)11(3)16(24)18-12-7-8-13-14(9-12)20-17(25)19-13/h7-9,11H,5-6,10H2,1-4H3,(H,18,24)(H2,19,20,25). The molecule has 1 heterocycles. The zero-order chi connectivity index (χ0) is 18.6. The molecule has 0 bridgehead atoms. The number of H-pyrrole nitrogens is 2. The summed E-state index contributed by atoms with van der Waals surface area (Å²) in [4.78, 5) is 44.6. The molecule has 0 radical (unpaired) electrons. The molecule has 0 spiro atoms. The van der Waals surface area contributed by atoms with E-state index in [1.165, 1.54) is 0 Å². The third-order valence-electron chi connectivity index (χ3n) is 4.32. The molecule has 0 aliphatic rings. The van der Waals surface area contributed by atoms with E-state index in [0.717, 1.165) is 0 Å². The molecule has 0 saturated carbocycles. The predicted molar refractivity (Wildman–Crippen MR) is 97.6 cm³/mol. The van der Waals surface area contributed by atoms with Crippen molar-refractivity contribution in [1.82, 2.24) is 19.8 Å². The molecule has 8 heteroatoms. The summed E-state index contributed by atoms with van der Waals surface area (Å²) in [6, 6.07) is 4.66. The van der Waals surface area contributed by atoms with Crippen molar-refractivity contribution in [3.63, 3.8) is 0 Å². The highest BCUT2D eigenvalue weighted by molar-refractivity contribution is 5.96. The van der Waals surface area contributed by atoms with E-state index in [1.54, 1.807) is 42.0 Å². The number of nitrogens with zero attached hydrogens (tertiary/aromatic N) is 2. The lowest BCUT2D eigenvalue weighted by atomic mass is 10.2. The molecule has 25 heavy (non-hydrogen) atoms. The van der Waals surface area contributed by atoms with Crippen LogP contribution in [0.15, 0.2) is 23.0 Å². The molecular weight excluding hydrogens is 322 g/mol. The van der Waals surface area contributed by atoms with Crippen LogP contribution >= 0.6 is 0 Å². The number of fused-ring (bicyclic) bond motifs is 1. The third kappa shape index (κ3) is 4.48. The first-order chi connectivity index (χ1) is 11.8. The van der Waals surface area contributed by atoms with Crippen LogP contribution in [0.1, 0.15) is 20.8 Å². The van der Waals surface area contributed by atoms with Gasteiger partial charge in [0.15, 0.2) is 0 Å². The number of benzene rings is 1. The smallest absolute Gasteiger partial charge is 0.323 e. The van der Waals surface area contributed by atoms with Crippen molar-refractivity contribution in [2.24, 2.45) is 0 Å². The Bertz CT molecular complexity index is 806. The van der Waals surface area contributed by atoms with Gasteiger partial charge in [-0.3, -0.25) is 14.5 Å². The number of anilines is 1. The zero-order valence-electron chi connectivity index (χ0n) is 15.0. The molecule has 0 aliphatic carbocycles. The Morgan fingerprint density at radius 2 is 1.80 bits per heavy atom. The highest BCUT2D eigenvalue weighted by Crippen LogP contribution is 2.15. The summed E-state index contributed by atoms with van der Waals surface area (Å²) in [7, 11) is 1.75. The van der Waals surface area contributed by atoms with Crippen molar-refractivity contribution in [3.05, 3.63) is 28.7 Å². The number of imidazole rings is 1. The Morgan fingerprint density at radius 1 is 1.16 bits per heavy atom. The Balaban J connectivity index is 2.00. The third-order valence-corrected chi connectivity index (χ3v) is 4.32. The Hall–Kier alpha value is -2.61. The predicted octanol–water partition coefficient (Wildman–Crippen LogP) is 0.983. The van der Waals surface area contributed by atoms with E-state index < -0.39 is 6.04 Å². The first-order valence-corrected chi connectivity index (χ1v) is 8.36. The number of carbonyl (C=O) groups is 2. The van der Waals surface area contributed by atoms with Crippen LogP contribution in [-0.4, -0.2) is 64.3 Å². The Morgan fingerprint density at radius 3 is 2.44 bits per heavy atom. The number of likely N-dealkylation sites (N-methyl/N-ethyl adjacent to an activating group) is 2. The van der Waals surface area contributed by atoms with E-state index in [2.05, 4.69) is 15.3 Å². The molecule has 2 aromatic rings. The van der Waals surface area contributed by atoms with E-state index in [-0.39, 0.29) is 24.0 Å². The van der Waals surface area contributed by atoms with Gasteiger partial charge in [0.2, 0.25) is 11.8 Å². The number of rotatable bonds is 7. The van der Waals surface area contributed by atoms with Crippen LogP contribution in [0.2, 0.25) is 0 Å². The van der Waals surface area contributed by atoms with Gasteiger partial charge in [-0.15, -0.1) is 0 Å². The first-order valence-electron chi connectivity index (χ1n) is 8.36. The van der Waals surface area contributed by atoms with Gasteiger partial charge < -0.3 is 20.2 Å². The zero-order valence-corrected chi connectivity index (χ0v) is 15.0. The van der Waals surface area contributed by atoms with Gasteiger partial charge in [-0.1, -0.05) is 0 Å². The number of hydrogen-bond donors (Lipinski definition) is 3. The summed E-state index contributed by atoms with van der Waals surface area (Å²) in [5.74, 6) is -0.217. The topological polar surface area (TPSA) is 101 Å². The van der Waals surface area contributed by atoms with Crippen LogP contribution in [0, 0.1) is 0 Å². The number of aromatic nitrogens is 2. The maximum Gasteiger partial charge on any atom is 0.323 e. The second-order valence-corrected chi connectivity index (χ2v) is 5.99. The number of amides is 2. The maximum atomic E-state index is 12.4. The molecule has 8 nitrogen and oxygen atoms in total. The quantitative estimate of drug-likeness (QED) is 0.695. The van der Waals surface area contributed by atoms with Crippen LogP contribution < -0.4 is 11.0 Å². The second-order valence-electron chi connectivity index (χ2n) is 5.99.